The minimum atomic E-state index is -0.236. The molecule has 0 bridgehead atoms. The normalized spacial score (nSPS) is 12.8. The Morgan fingerprint density at radius 2 is 2.06 bits per heavy atom. The highest BCUT2D eigenvalue weighted by Crippen LogP contribution is 2.17. The molecule has 0 spiro atoms. The lowest BCUT2D eigenvalue weighted by Gasteiger charge is -2.10. The van der Waals surface area contributed by atoms with E-state index in [0.29, 0.717) is 5.92 Å². The number of nitrogens with one attached hydrogen (secondary N) is 1. The molecule has 0 saturated heterocycles. The quantitative estimate of drug-likeness (QED) is 0.626. The van der Waals surface area contributed by atoms with Gasteiger partial charge in [-0.1, -0.05) is 13.8 Å². The van der Waals surface area contributed by atoms with E-state index >= 15 is 0 Å². The highest BCUT2D eigenvalue weighted by molar-refractivity contribution is 9.10. The van der Waals surface area contributed by atoms with Gasteiger partial charge in [0.25, 0.3) is 0 Å². The van der Waals surface area contributed by atoms with Gasteiger partial charge < -0.3 is 10.4 Å². The van der Waals surface area contributed by atoms with E-state index in [4.69, 9.17) is 5.11 Å². The van der Waals surface area contributed by atoms with Crippen LogP contribution >= 0.6 is 15.9 Å². The summed E-state index contributed by atoms with van der Waals surface area (Å²) in [6.07, 6.45) is 1.49. The molecule has 96 valence electrons. The van der Waals surface area contributed by atoms with Crippen molar-refractivity contribution in [3.63, 3.8) is 0 Å². The van der Waals surface area contributed by atoms with E-state index in [-0.39, 0.29) is 6.10 Å². The van der Waals surface area contributed by atoms with Gasteiger partial charge in [-0.25, -0.2) is 9.97 Å². The number of hydrogen-bond acceptors (Lipinski definition) is 4. The molecule has 1 aromatic rings. The summed E-state index contributed by atoms with van der Waals surface area (Å²) >= 11 is 3.38. The fourth-order valence-electron chi connectivity index (χ4n) is 1.40. The van der Waals surface area contributed by atoms with Crippen molar-refractivity contribution in [2.24, 2.45) is 0 Å². The van der Waals surface area contributed by atoms with Crippen molar-refractivity contribution in [2.45, 2.75) is 45.6 Å². The van der Waals surface area contributed by atoms with Gasteiger partial charge in [-0.3, -0.25) is 0 Å². The number of nitrogens with zero attached hydrogens (tertiary/aromatic N) is 2. The molecular weight excluding hydrogens is 282 g/mol. The first kappa shape index (κ1) is 14.4. The molecule has 0 aliphatic carbocycles. The van der Waals surface area contributed by atoms with Crippen LogP contribution in [0.5, 0.6) is 0 Å². The summed E-state index contributed by atoms with van der Waals surface area (Å²) in [5, 5.41) is 12.4. The monoisotopic (exact) mass is 301 g/mol. The number of anilines is 1. The van der Waals surface area contributed by atoms with Crippen LogP contribution < -0.4 is 5.32 Å². The third-order valence-corrected chi connectivity index (χ3v) is 2.74. The summed E-state index contributed by atoms with van der Waals surface area (Å²) in [6.45, 7) is 6.75. The summed E-state index contributed by atoms with van der Waals surface area (Å²) in [7, 11) is 0. The lowest BCUT2D eigenvalue weighted by atomic mass is 10.2. The second kappa shape index (κ2) is 6.91. The average molecular weight is 302 g/mol. The van der Waals surface area contributed by atoms with E-state index in [2.05, 4.69) is 45.1 Å². The molecule has 17 heavy (non-hydrogen) atoms. The third-order valence-electron chi connectivity index (χ3n) is 2.33. The molecule has 0 aliphatic heterocycles. The van der Waals surface area contributed by atoms with Crippen molar-refractivity contribution in [1.29, 1.82) is 0 Å². The zero-order valence-electron chi connectivity index (χ0n) is 10.6. The predicted molar refractivity (Wildman–Crippen MR) is 73.2 cm³/mol. The zero-order chi connectivity index (χ0) is 12.8. The predicted octanol–water partition coefficient (Wildman–Crippen LogP) is 2.94. The highest BCUT2D eigenvalue weighted by Gasteiger charge is 2.06. The molecule has 0 radical (unpaired) electrons. The van der Waals surface area contributed by atoms with E-state index in [1.54, 1.807) is 6.92 Å². The van der Waals surface area contributed by atoms with Crippen LogP contribution in [-0.4, -0.2) is 27.7 Å². The van der Waals surface area contributed by atoms with Crippen molar-refractivity contribution in [1.82, 2.24) is 9.97 Å². The second-order valence-corrected chi connectivity index (χ2v) is 5.32. The average Bonchev–Trinajstić information content (AvgIpc) is 2.23. The Balaban J connectivity index is 2.53. The zero-order valence-corrected chi connectivity index (χ0v) is 12.2. The molecule has 5 heteroatoms. The highest BCUT2D eigenvalue weighted by atomic mass is 79.9. The second-order valence-electron chi connectivity index (χ2n) is 4.51. The Morgan fingerprint density at radius 3 is 2.65 bits per heavy atom. The number of hydrogen-bond donors (Lipinski definition) is 2. The summed E-state index contributed by atoms with van der Waals surface area (Å²) < 4.78 is 0.800. The molecule has 0 amide bonds. The minimum absolute atomic E-state index is 0.236. The molecule has 0 aromatic carbocycles. The van der Waals surface area contributed by atoms with Gasteiger partial charge in [-0.15, -0.1) is 0 Å². The lowest BCUT2D eigenvalue weighted by Crippen LogP contribution is -2.09. The van der Waals surface area contributed by atoms with Crippen LogP contribution in [0.15, 0.2) is 10.7 Å². The summed E-state index contributed by atoms with van der Waals surface area (Å²) in [5.41, 5.74) is 0. The first-order valence-electron chi connectivity index (χ1n) is 5.95. The van der Waals surface area contributed by atoms with Gasteiger partial charge in [0, 0.05) is 18.5 Å². The number of halogens is 1. The first-order chi connectivity index (χ1) is 7.99. The van der Waals surface area contributed by atoms with Crippen molar-refractivity contribution >= 4 is 21.7 Å². The van der Waals surface area contributed by atoms with Gasteiger partial charge in [0.1, 0.15) is 16.2 Å². The fourth-order valence-corrected chi connectivity index (χ4v) is 1.80. The van der Waals surface area contributed by atoms with Crippen molar-refractivity contribution in [2.75, 3.05) is 11.9 Å². The third kappa shape index (κ3) is 5.46. The SMILES string of the molecule is CC(O)CCCNc1cc(Br)nc(C(C)C)n1. The number of rotatable bonds is 6. The molecule has 1 heterocycles. The van der Waals surface area contributed by atoms with Gasteiger partial charge in [0.2, 0.25) is 0 Å². The van der Waals surface area contributed by atoms with Crippen LogP contribution in [0.4, 0.5) is 5.82 Å². The molecular formula is C12H20BrN3O. The van der Waals surface area contributed by atoms with Crippen LogP contribution in [0.2, 0.25) is 0 Å². The molecule has 1 aromatic heterocycles. The Hall–Kier alpha value is -0.680. The molecule has 0 aliphatic rings. The maximum Gasteiger partial charge on any atom is 0.134 e. The summed E-state index contributed by atoms with van der Waals surface area (Å²) in [6, 6.07) is 1.87. The summed E-state index contributed by atoms with van der Waals surface area (Å²) in [5.74, 6) is 1.98. The van der Waals surface area contributed by atoms with Crippen LogP contribution in [0.1, 0.15) is 45.4 Å². The van der Waals surface area contributed by atoms with E-state index in [1.165, 1.54) is 0 Å². The minimum Gasteiger partial charge on any atom is -0.393 e. The van der Waals surface area contributed by atoms with Crippen LogP contribution in [0.3, 0.4) is 0 Å². The molecule has 4 nitrogen and oxygen atoms in total. The van der Waals surface area contributed by atoms with E-state index < -0.39 is 0 Å². The number of aromatic nitrogens is 2. The van der Waals surface area contributed by atoms with Crippen molar-refractivity contribution in [3.8, 4) is 0 Å². The molecule has 2 N–H and O–H groups in total. The topological polar surface area (TPSA) is 58.0 Å². The van der Waals surface area contributed by atoms with E-state index in [9.17, 15) is 0 Å². The first-order valence-corrected chi connectivity index (χ1v) is 6.74. The number of aliphatic hydroxyl groups excluding tert-OH is 1. The Bertz CT molecular complexity index is 356. The Labute approximate surface area is 111 Å². The van der Waals surface area contributed by atoms with Gasteiger partial charge >= 0.3 is 0 Å². The van der Waals surface area contributed by atoms with Crippen molar-refractivity contribution in [3.05, 3.63) is 16.5 Å². The van der Waals surface area contributed by atoms with Gasteiger partial charge in [-0.2, -0.15) is 0 Å². The number of aliphatic hydroxyl groups is 1. The van der Waals surface area contributed by atoms with Gasteiger partial charge in [-0.05, 0) is 35.7 Å². The van der Waals surface area contributed by atoms with Gasteiger partial charge in [0.15, 0.2) is 0 Å². The summed E-state index contributed by atoms with van der Waals surface area (Å²) in [4.78, 5) is 8.75. The standard InChI is InChI=1S/C12H20BrN3O/c1-8(2)12-15-10(13)7-11(16-12)14-6-4-5-9(3)17/h7-9,17H,4-6H2,1-3H3,(H,14,15,16). The largest absolute Gasteiger partial charge is 0.393 e. The maximum absolute atomic E-state index is 9.15. The molecule has 1 atom stereocenters. The lowest BCUT2D eigenvalue weighted by molar-refractivity contribution is 0.183. The van der Waals surface area contributed by atoms with Crippen LogP contribution in [-0.2, 0) is 0 Å². The van der Waals surface area contributed by atoms with Gasteiger partial charge in [0.05, 0.1) is 6.10 Å². The van der Waals surface area contributed by atoms with Crippen LogP contribution in [0, 0.1) is 0 Å². The molecule has 0 saturated carbocycles. The van der Waals surface area contributed by atoms with E-state index in [1.807, 2.05) is 6.07 Å². The van der Waals surface area contributed by atoms with Crippen molar-refractivity contribution < 1.29 is 5.11 Å². The smallest absolute Gasteiger partial charge is 0.134 e. The van der Waals surface area contributed by atoms with E-state index in [0.717, 1.165) is 35.6 Å². The maximum atomic E-state index is 9.15. The molecule has 1 rings (SSSR count). The fraction of sp³-hybridized carbons (Fsp3) is 0.667. The Kier molecular flexibility index (Phi) is 5.85. The van der Waals surface area contributed by atoms with Crippen LogP contribution in [0.25, 0.3) is 0 Å². The molecule has 1 unspecified atom stereocenters. The molecule has 0 fully saturated rings. The Morgan fingerprint density at radius 1 is 1.35 bits per heavy atom.